The topological polar surface area (TPSA) is 12.0 Å². The molecule has 0 aliphatic rings. The normalized spacial score (nSPS) is 13.2. The van der Waals surface area contributed by atoms with E-state index >= 15 is 0 Å². The maximum absolute atomic E-state index is 6.03. The van der Waals surface area contributed by atoms with Crippen molar-refractivity contribution in [3.05, 3.63) is 39.4 Å². The van der Waals surface area contributed by atoms with Crippen LogP contribution in [0.5, 0.6) is 0 Å². The fourth-order valence-corrected chi connectivity index (χ4v) is 2.20. The largest absolute Gasteiger partial charge is 0.308 e. The summed E-state index contributed by atoms with van der Waals surface area (Å²) < 4.78 is 0. The summed E-state index contributed by atoms with van der Waals surface area (Å²) >= 11 is 12.1. The third-order valence-corrected chi connectivity index (χ3v) is 3.24. The van der Waals surface area contributed by atoms with E-state index in [1.807, 2.05) is 12.1 Å². The molecule has 0 unspecified atom stereocenters. The highest BCUT2D eigenvalue weighted by Gasteiger charge is 2.11. The predicted molar refractivity (Wildman–Crippen MR) is 87.0 cm³/mol. The van der Waals surface area contributed by atoms with Crippen molar-refractivity contribution < 1.29 is 0 Å². The lowest BCUT2D eigenvalue weighted by molar-refractivity contribution is 0.437. The first kappa shape index (κ1) is 16.6. The van der Waals surface area contributed by atoms with Crippen molar-refractivity contribution in [2.45, 2.75) is 40.2 Å². The van der Waals surface area contributed by atoms with E-state index in [-0.39, 0.29) is 5.54 Å². The van der Waals surface area contributed by atoms with Gasteiger partial charge in [0.1, 0.15) is 0 Å². The average Bonchev–Trinajstić information content (AvgIpc) is 2.20. The maximum Gasteiger partial charge on any atom is 0.0426 e. The molecule has 1 N–H and O–H groups in total. The second-order valence-electron chi connectivity index (χ2n) is 6.18. The van der Waals surface area contributed by atoms with Crippen LogP contribution in [0.2, 0.25) is 10.0 Å². The Kier molecular flexibility index (Phi) is 5.91. The summed E-state index contributed by atoms with van der Waals surface area (Å²) in [6.45, 7) is 11.8. The molecule has 0 heterocycles. The fourth-order valence-electron chi connectivity index (χ4n) is 1.66. The van der Waals surface area contributed by atoms with Gasteiger partial charge in [-0.2, -0.15) is 0 Å². The molecule has 0 saturated carbocycles. The standard InChI is InChI=1S/C16H23Cl2N/c1-11(2)13(10-19-16(3,4)5)6-12-7-14(17)9-15(18)8-12/h6-9,11,19H,10H2,1-5H3. The summed E-state index contributed by atoms with van der Waals surface area (Å²) in [4.78, 5) is 0. The molecular weight excluding hydrogens is 277 g/mol. The van der Waals surface area contributed by atoms with Gasteiger partial charge < -0.3 is 5.32 Å². The molecule has 1 aromatic rings. The van der Waals surface area contributed by atoms with E-state index < -0.39 is 0 Å². The van der Waals surface area contributed by atoms with Crippen LogP contribution in [0.3, 0.4) is 0 Å². The van der Waals surface area contributed by atoms with Gasteiger partial charge in [-0.05, 0) is 50.5 Å². The summed E-state index contributed by atoms with van der Waals surface area (Å²) in [6, 6.07) is 5.63. The van der Waals surface area contributed by atoms with Crippen molar-refractivity contribution in [1.82, 2.24) is 5.32 Å². The first-order chi connectivity index (χ1) is 8.67. The third-order valence-electron chi connectivity index (χ3n) is 2.80. The molecule has 0 atom stereocenters. The SMILES string of the molecule is CC(C)C(=Cc1cc(Cl)cc(Cl)c1)CNC(C)(C)C. The zero-order valence-electron chi connectivity index (χ0n) is 12.3. The Labute approximate surface area is 127 Å². The van der Waals surface area contributed by atoms with Crippen molar-refractivity contribution in [1.29, 1.82) is 0 Å². The molecule has 0 spiro atoms. The molecule has 1 aromatic carbocycles. The molecule has 0 fully saturated rings. The lowest BCUT2D eigenvalue weighted by Crippen LogP contribution is -2.37. The monoisotopic (exact) mass is 299 g/mol. The number of nitrogens with one attached hydrogen (secondary N) is 1. The first-order valence-electron chi connectivity index (χ1n) is 6.59. The van der Waals surface area contributed by atoms with Gasteiger partial charge in [-0.1, -0.05) is 48.7 Å². The highest BCUT2D eigenvalue weighted by Crippen LogP contribution is 2.22. The number of hydrogen-bond acceptors (Lipinski definition) is 1. The number of halogens is 2. The van der Waals surface area contributed by atoms with Gasteiger partial charge >= 0.3 is 0 Å². The smallest absolute Gasteiger partial charge is 0.0426 e. The third kappa shape index (κ3) is 6.47. The molecule has 1 nitrogen and oxygen atoms in total. The van der Waals surface area contributed by atoms with Crippen molar-refractivity contribution >= 4 is 29.3 Å². The molecule has 0 saturated heterocycles. The summed E-state index contributed by atoms with van der Waals surface area (Å²) in [6.07, 6.45) is 2.17. The molecule has 3 heteroatoms. The lowest BCUT2D eigenvalue weighted by atomic mass is 9.98. The van der Waals surface area contributed by atoms with Crippen LogP contribution in [0.25, 0.3) is 6.08 Å². The van der Waals surface area contributed by atoms with E-state index in [2.05, 4.69) is 46.0 Å². The highest BCUT2D eigenvalue weighted by atomic mass is 35.5. The van der Waals surface area contributed by atoms with E-state index in [4.69, 9.17) is 23.2 Å². The van der Waals surface area contributed by atoms with E-state index in [0.29, 0.717) is 16.0 Å². The summed E-state index contributed by atoms with van der Waals surface area (Å²) in [5.41, 5.74) is 2.50. The number of hydrogen-bond donors (Lipinski definition) is 1. The zero-order chi connectivity index (χ0) is 14.6. The Balaban J connectivity index is 2.94. The van der Waals surface area contributed by atoms with Crippen molar-refractivity contribution in [2.24, 2.45) is 5.92 Å². The maximum atomic E-state index is 6.03. The van der Waals surface area contributed by atoms with E-state index in [1.54, 1.807) is 6.07 Å². The second-order valence-corrected chi connectivity index (χ2v) is 7.05. The highest BCUT2D eigenvalue weighted by molar-refractivity contribution is 6.34. The Hall–Kier alpha value is -0.500. The van der Waals surface area contributed by atoms with Crippen molar-refractivity contribution in [3.8, 4) is 0 Å². The van der Waals surface area contributed by atoms with Gasteiger partial charge in [-0.15, -0.1) is 0 Å². The Bertz CT molecular complexity index is 436. The number of rotatable bonds is 4. The lowest BCUT2D eigenvalue weighted by Gasteiger charge is -2.23. The van der Waals surface area contributed by atoms with E-state index in [9.17, 15) is 0 Å². The van der Waals surface area contributed by atoms with Crippen LogP contribution in [0.15, 0.2) is 23.8 Å². The summed E-state index contributed by atoms with van der Waals surface area (Å²) in [5.74, 6) is 0.479. The first-order valence-corrected chi connectivity index (χ1v) is 7.34. The van der Waals surface area contributed by atoms with Gasteiger partial charge in [0.05, 0.1) is 0 Å². The van der Waals surface area contributed by atoms with Gasteiger partial charge in [0.15, 0.2) is 0 Å². The second kappa shape index (κ2) is 6.78. The molecule has 0 aliphatic heterocycles. The Morgan fingerprint density at radius 2 is 1.68 bits per heavy atom. The molecule has 0 aliphatic carbocycles. The van der Waals surface area contributed by atoms with Crippen LogP contribution >= 0.6 is 23.2 Å². The van der Waals surface area contributed by atoms with Crippen LogP contribution in [-0.2, 0) is 0 Å². The Morgan fingerprint density at radius 3 is 2.11 bits per heavy atom. The molecule has 1 rings (SSSR count). The minimum Gasteiger partial charge on any atom is -0.308 e. The van der Waals surface area contributed by atoms with Crippen molar-refractivity contribution in [3.63, 3.8) is 0 Å². The molecule has 0 amide bonds. The fraction of sp³-hybridized carbons (Fsp3) is 0.500. The summed E-state index contributed by atoms with van der Waals surface area (Å²) in [7, 11) is 0. The molecule has 0 aromatic heterocycles. The Morgan fingerprint density at radius 1 is 1.16 bits per heavy atom. The summed E-state index contributed by atoms with van der Waals surface area (Å²) in [5, 5.41) is 4.86. The molecule has 106 valence electrons. The molecule has 19 heavy (non-hydrogen) atoms. The van der Waals surface area contributed by atoms with Crippen LogP contribution < -0.4 is 5.32 Å². The van der Waals surface area contributed by atoms with Gasteiger partial charge in [-0.25, -0.2) is 0 Å². The number of benzene rings is 1. The van der Waals surface area contributed by atoms with E-state index in [1.165, 1.54) is 5.57 Å². The molecule has 0 radical (unpaired) electrons. The zero-order valence-corrected chi connectivity index (χ0v) is 13.9. The van der Waals surface area contributed by atoms with Gasteiger partial charge in [0, 0.05) is 22.1 Å². The van der Waals surface area contributed by atoms with Crippen LogP contribution in [0.4, 0.5) is 0 Å². The van der Waals surface area contributed by atoms with Crippen LogP contribution in [0.1, 0.15) is 40.2 Å². The van der Waals surface area contributed by atoms with E-state index in [0.717, 1.165) is 12.1 Å². The predicted octanol–water partition coefficient (Wildman–Crippen LogP) is 5.42. The minimum atomic E-state index is 0.111. The minimum absolute atomic E-state index is 0.111. The molecular formula is C16H23Cl2N. The average molecular weight is 300 g/mol. The molecule has 0 bridgehead atoms. The van der Waals surface area contributed by atoms with Gasteiger partial charge in [0.25, 0.3) is 0 Å². The van der Waals surface area contributed by atoms with Gasteiger partial charge in [0.2, 0.25) is 0 Å². The van der Waals surface area contributed by atoms with Gasteiger partial charge in [-0.3, -0.25) is 0 Å². The quantitative estimate of drug-likeness (QED) is 0.782. The van der Waals surface area contributed by atoms with Crippen LogP contribution in [0, 0.1) is 5.92 Å². The van der Waals surface area contributed by atoms with Crippen LogP contribution in [-0.4, -0.2) is 12.1 Å². The van der Waals surface area contributed by atoms with Crippen molar-refractivity contribution in [2.75, 3.05) is 6.54 Å².